The van der Waals surface area contributed by atoms with Crippen molar-refractivity contribution in [2.24, 2.45) is 0 Å². The lowest BCUT2D eigenvalue weighted by Crippen LogP contribution is -2.03. The Hall–Kier alpha value is -3.28. The summed E-state index contributed by atoms with van der Waals surface area (Å²) in [6.45, 7) is 3.89. The molecule has 0 atom stereocenters. The van der Waals surface area contributed by atoms with Gasteiger partial charge in [-0.25, -0.2) is 14.4 Å². The molecule has 0 saturated carbocycles. The minimum atomic E-state index is -0.310. The zero-order valence-corrected chi connectivity index (χ0v) is 13.9. The second-order valence-electron chi connectivity index (χ2n) is 5.88. The number of rotatable bonds is 3. The Bertz CT molecular complexity index is 1070. The van der Waals surface area contributed by atoms with E-state index >= 15 is 0 Å². The maximum absolute atomic E-state index is 13.7. The van der Waals surface area contributed by atoms with E-state index in [-0.39, 0.29) is 5.82 Å². The summed E-state index contributed by atoms with van der Waals surface area (Å²) < 4.78 is 15.5. The van der Waals surface area contributed by atoms with Crippen LogP contribution >= 0.6 is 0 Å². The van der Waals surface area contributed by atoms with Crippen LogP contribution in [0.15, 0.2) is 54.9 Å². The smallest absolute Gasteiger partial charge is 0.159 e. The van der Waals surface area contributed by atoms with Crippen LogP contribution in [0.25, 0.3) is 16.9 Å². The molecule has 4 rings (SSSR count). The monoisotopic (exact) mass is 333 g/mol. The van der Waals surface area contributed by atoms with E-state index in [9.17, 15) is 4.39 Å². The number of imidazole rings is 1. The van der Waals surface area contributed by atoms with E-state index in [2.05, 4.69) is 20.3 Å². The van der Waals surface area contributed by atoms with Crippen molar-refractivity contribution in [2.75, 3.05) is 5.32 Å². The number of hydrogen-bond acceptors (Lipinski definition) is 4. The number of hydrogen-bond donors (Lipinski definition) is 1. The standard InChI is InChI=1S/C19H16FN5/c1-12-4-3-5-15(8-12)23-18-10-21-11-19(24-18)25-13(2)22-16-7-6-14(20)9-17(16)25/h3-11H,1-2H3,(H,23,24). The van der Waals surface area contributed by atoms with Gasteiger partial charge in [0.2, 0.25) is 0 Å². The van der Waals surface area contributed by atoms with Crippen molar-refractivity contribution >= 4 is 22.5 Å². The van der Waals surface area contributed by atoms with Crippen LogP contribution < -0.4 is 5.32 Å². The minimum Gasteiger partial charge on any atom is -0.339 e. The third-order valence-electron chi connectivity index (χ3n) is 3.93. The molecular weight excluding hydrogens is 317 g/mol. The molecule has 2 heterocycles. The van der Waals surface area contributed by atoms with Crippen molar-refractivity contribution < 1.29 is 4.39 Å². The summed E-state index contributed by atoms with van der Waals surface area (Å²) in [5.41, 5.74) is 3.47. The zero-order valence-electron chi connectivity index (χ0n) is 13.9. The van der Waals surface area contributed by atoms with E-state index in [4.69, 9.17) is 0 Å². The molecule has 5 nitrogen and oxygen atoms in total. The molecule has 2 aromatic carbocycles. The summed E-state index contributed by atoms with van der Waals surface area (Å²) in [4.78, 5) is 13.3. The molecule has 0 unspecified atom stereocenters. The molecule has 0 saturated heterocycles. The van der Waals surface area contributed by atoms with Crippen molar-refractivity contribution in [3.8, 4) is 5.82 Å². The molecule has 0 aliphatic carbocycles. The summed E-state index contributed by atoms with van der Waals surface area (Å²) in [6, 6.07) is 12.5. The Kier molecular flexibility index (Phi) is 3.65. The number of aryl methyl sites for hydroxylation is 2. The Morgan fingerprint density at radius 3 is 2.72 bits per heavy atom. The first-order chi connectivity index (χ1) is 12.1. The van der Waals surface area contributed by atoms with Crippen LogP contribution in [0, 0.1) is 19.7 Å². The first kappa shape index (κ1) is 15.3. The van der Waals surface area contributed by atoms with E-state index in [0.717, 1.165) is 22.6 Å². The summed E-state index contributed by atoms with van der Waals surface area (Å²) in [6.07, 6.45) is 3.29. The number of aromatic nitrogens is 4. The predicted molar refractivity (Wildman–Crippen MR) is 95.8 cm³/mol. The predicted octanol–water partition coefficient (Wildman–Crippen LogP) is 4.32. The maximum atomic E-state index is 13.7. The van der Waals surface area contributed by atoms with Crippen molar-refractivity contribution in [3.63, 3.8) is 0 Å². The summed E-state index contributed by atoms with van der Waals surface area (Å²) in [5.74, 6) is 1.61. The third kappa shape index (κ3) is 2.94. The molecule has 0 spiro atoms. The SMILES string of the molecule is Cc1cccc(Nc2cncc(-n3c(C)nc4ccc(F)cc43)n2)c1. The highest BCUT2D eigenvalue weighted by Crippen LogP contribution is 2.22. The van der Waals surface area contributed by atoms with Crippen LogP contribution in [-0.2, 0) is 0 Å². The van der Waals surface area contributed by atoms with Gasteiger partial charge < -0.3 is 5.32 Å². The molecule has 124 valence electrons. The van der Waals surface area contributed by atoms with Gasteiger partial charge in [0, 0.05) is 11.8 Å². The van der Waals surface area contributed by atoms with Gasteiger partial charge in [0.25, 0.3) is 0 Å². The van der Waals surface area contributed by atoms with E-state index in [1.807, 2.05) is 38.1 Å². The number of anilines is 2. The second-order valence-corrected chi connectivity index (χ2v) is 5.88. The number of halogens is 1. The maximum Gasteiger partial charge on any atom is 0.159 e. The van der Waals surface area contributed by atoms with Crippen molar-refractivity contribution in [2.45, 2.75) is 13.8 Å². The molecule has 1 N–H and O–H groups in total. The largest absolute Gasteiger partial charge is 0.339 e. The normalized spacial score (nSPS) is 11.0. The zero-order chi connectivity index (χ0) is 17.4. The molecule has 0 amide bonds. The van der Waals surface area contributed by atoms with Gasteiger partial charge in [-0.2, -0.15) is 0 Å². The topological polar surface area (TPSA) is 55.6 Å². The third-order valence-corrected chi connectivity index (χ3v) is 3.93. The van der Waals surface area contributed by atoms with E-state index < -0.39 is 0 Å². The quantitative estimate of drug-likeness (QED) is 0.607. The molecule has 0 bridgehead atoms. The highest BCUT2D eigenvalue weighted by molar-refractivity contribution is 5.78. The summed E-state index contributed by atoms with van der Waals surface area (Å²) >= 11 is 0. The van der Waals surface area contributed by atoms with Crippen LogP contribution in [0.4, 0.5) is 15.9 Å². The molecule has 0 aliphatic rings. The molecule has 0 aliphatic heterocycles. The van der Waals surface area contributed by atoms with Crippen molar-refractivity contribution in [1.82, 2.24) is 19.5 Å². The lowest BCUT2D eigenvalue weighted by molar-refractivity contribution is 0.629. The van der Waals surface area contributed by atoms with E-state index in [0.29, 0.717) is 17.2 Å². The number of benzene rings is 2. The Balaban J connectivity index is 1.77. The van der Waals surface area contributed by atoms with Crippen LogP contribution in [0.3, 0.4) is 0 Å². The molecule has 2 aromatic heterocycles. The van der Waals surface area contributed by atoms with Crippen LogP contribution in [0.1, 0.15) is 11.4 Å². The van der Waals surface area contributed by atoms with Crippen LogP contribution in [-0.4, -0.2) is 19.5 Å². The number of fused-ring (bicyclic) bond motifs is 1. The van der Waals surface area contributed by atoms with Crippen molar-refractivity contribution in [3.05, 3.63) is 72.1 Å². The van der Waals surface area contributed by atoms with Gasteiger partial charge in [-0.05, 0) is 43.7 Å². The highest BCUT2D eigenvalue weighted by atomic mass is 19.1. The molecular formula is C19H16FN5. The van der Waals surface area contributed by atoms with Gasteiger partial charge in [-0.3, -0.25) is 9.55 Å². The fourth-order valence-electron chi connectivity index (χ4n) is 2.85. The second kappa shape index (κ2) is 5.98. The average Bonchev–Trinajstić information content (AvgIpc) is 2.90. The van der Waals surface area contributed by atoms with Gasteiger partial charge >= 0.3 is 0 Å². The fraction of sp³-hybridized carbons (Fsp3) is 0.105. The highest BCUT2D eigenvalue weighted by Gasteiger charge is 2.12. The van der Waals surface area contributed by atoms with Gasteiger partial charge in [0.05, 0.1) is 23.4 Å². The van der Waals surface area contributed by atoms with Gasteiger partial charge in [-0.15, -0.1) is 0 Å². The lowest BCUT2D eigenvalue weighted by atomic mass is 10.2. The van der Waals surface area contributed by atoms with E-state index in [1.54, 1.807) is 23.0 Å². The summed E-state index contributed by atoms with van der Waals surface area (Å²) in [7, 11) is 0. The molecule has 6 heteroatoms. The fourth-order valence-corrected chi connectivity index (χ4v) is 2.85. The molecule has 4 aromatic rings. The van der Waals surface area contributed by atoms with Gasteiger partial charge in [0.1, 0.15) is 11.6 Å². The van der Waals surface area contributed by atoms with Crippen molar-refractivity contribution in [1.29, 1.82) is 0 Å². The average molecular weight is 333 g/mol. The number of nitrogens with one attached hydrogen (secondary N) is 1. The van der Waals surface area contributed by atoms with Crippen LogP contribution in [0.5, 0.6) is 0 Å². The Morgan fingerprint density at radius 2 is 1.88 bits per heavy atom. The van der Waals surface area contributed by atoms with Crippen LogP contribution in [0.2, 0.25) is 0 Å². The molecule has 25 heavy (non-hydrogen) atoms. The molecule has 0 fully saturated rings. The summed E-state index contributed by atoms with van der Waals surface area (Å²) in [5, 5.41) is 3.24. The van der Waals surface area contributed by atoms with Gasteiger partial charge in [0.15, 0.2) is 11.6 Å². The van der Waals surface area contributed by atoms with E-state index in [1.165, 1.54) is 12.1 Å². The number of nitrogens with zero attached hydrogens (tertiary/aromatic N) is 4. The first-order valence-electron chi connectivity index (χ1n) is 7.91. The Labute approximate surface area is 144 Å². The first-order valence-corrected chi connectivity index (χ1v) is 7.91. The Morgan fingerprint density at radius 1 is 1.00 bits per heavy atom. The minimum absolute atomic E-state index is 0.310. The molecule has 0 radical (unpaired) electrons. The lowest BCUT2D eigenvalue weighted by Gasteiger charge is -2.09. The van der Waals surface area contributed by atoms with Gasteiger partial charge in [-0.1, -0.05) is 12.1 Å².